The summed E-state index contributed by atoms with van der Waals surface area (Å²) < 4.78 is 0. The highest BCUT2D eigenvalue weighted by Gasteiger charge is 2.18. The van der Waals surface area contributed by atoms with Gasteiger partial charge in [-0.1, -0.05) is 31.9 Å². The standard InChI is InChI=1S/C14H15N/c1-11-9-13(10-12(11)2)6-7-14-5-3-4-8-15-14/h3-5,8-9,11-12H,10H2,1-2H3. The van der Waals surface area contributed by atoms with E-state index < -0.39 is 0 Å². The molecule has 0 amide bonds. The second-order valence-corrected chi connectivity index (χ2v) is 4.20. The Balaban J connectivity index is 2.11. The fourth-order valence-electron chi connectivity index (χ4n) is 1.76. The molecule has 0 aromatic carbocycles. The van der Waals surface area contributed by atoms with E-state index in [1.165, 1.54) is 5.57 Å². The van der Waals surface area contributed by atoms with Crippen molar-refractivity contribution in [3.63, 3.8) is 0 Å². The molecule has 2 rings (SSSR count). The van der Waals surface area contributed by atoms with Crippen LogP contribution in [0.25, 0.3) is 0 Å². The molecular formula is C14H15N. The Hall–Kier alpha value is -1.55. The Bertz CT molecular complexity index is 420. The van der Waals surface area contributed by atoms with E-state index in [9.17, 15) is 0 Å². The van der Waals surface area contributed by atoms with E-state index >= 15 is 0 Å². The zero-order valence-electron chi connectivity index (χ0n) is 9.20. The number of nitrogens with zero attached hydrogens (tertiary/aromatic N) is 1. The van der Waals surface area contributed by atoms with Gasteiger partial charge in [-0.2, -0.15) is 0 Å². The molecule has 1 aliphatic rings. The van der Waals surface area contributed by atoms with Crippen LogP contribution < -0.4 is 0 Å². The molecule has 0 saturated carbocycles. The fourth-order valence-corrected chi connectivity index (χ4v) is 1.76. The summed E-state index contributed by atoms with van der Waals surface area (Å²) in [6.45, 7) is 4.52. The minimum absolute atomic E-state index is 0.665. The summed E-state index contributed by atoms with van der Waals surface area (Å²) >= 11 is 0. The lowest BCUT2D eigenvalue weighted by molar-refractivity contribution is 0.496. The largest absolute Gasteiger partial charge is 0.248 e. The molecule has 0 N–H and O–H groups in total. The van der Waals surface area contributed by atoms with Crippen LogP contribution in [0.15, 0.2) is 36.0 Å². The van der Waals surface area contributed by atoms with Gasteiger partial charge in [0, 0.05) is 6.20 Å². The summed E-state index contributed by atoms with van der Waals surface area (Å²) in [5.74, 6) is 7.70. The quantitative estimate of drug-likeness (QED) is 0.582. The van der Waals surface area contributed by atoms with Crippen molar-refractivity contribution in [1.82, 2.24) is 4.98 Å². The Morgan fingerprint density at radius 2 is 2.13 bits per heavy atom. The first-order chi connectivity index (χ1) is 7.25. The topological polar surface area (TPSA) is 12.9 Å². The molecule has 1 nitrogen and oxygen atoms in total. The van der Waals surface area contributed by atoms with Gasteiger partial charge >= 0.3 is 0 Å². The number of allylic oxidation sites excluding steroid dienone is 2. The smallest absolute Gasteiger partial charge is 0.113 e. The first-order valence-electron chi connectivity index (χ1n) is 5.39. The van der Waals surface area contributed by atoms with E-state index in [-0.39, 0.29) is 0 Å². The van der Waals surface area contributed by atoms with Gasteiger partial charge in [0.15, 0.2) is 0 Å². The number of hydrogen-bond donors (Lipinski definition) is 0. The zero-order chi connectivity index (χ0) is 10.7. The van der Waals surface area contributed by atoms with Crippen LogP contribution >= 0.6 is 0 Å². The van der Waals surface area contributed by atoms with Gasteiger partial charge < -0.3 is 0 Å². The van der Waals surface area contributed by atoms with Crippen LogP contribution in [0.2, 0.25) is 0 Å². The summed E-state index contributed by atoms with van der Waals surface area (Å²) in [5, 5.41) is 0. The van der Waals surface area contributed by atoms with Crippen molar-refractivity contribution in [1.29, 1.82) is 0 Å². The SMILES string of the molecule is CC1C=C(C#Cc2ccccn2)CC1C. The first-order valence-corrected chi connectivity index (χ1v) is 5.39. The van der Waals surface area contributed by atoms with E-state index in [0.29, 0.717) is 5.92 Å². The number of hydrogen-bond acceptors (Lipinski definition) is 1. The zero-order valence-corrected chi connectivity index (χ0v) is 9.20. The summed E-state index contributed by atoms with van der Waals surface area (Å²) in [6, 6.07) is 5.81. The third kappa shape index (κ3) is 2.47. The van der Waals surface area contributed by atoms with Gasteiger partial charge in [-0.3, -0.25) is 0 Å². The van der Waals surface area contributed by atoms with Crippen LogP contribution in [0.1, 0.15) is 26.0 Å². The third-order valence-electron chi connectivity index (χ3n) is 2.92. The first kappa shape index (κ1) is 9.98. The van der Waals surface area contributed by atoms with Crippen molar-refractivity contribution in [3.8, 4) is 11.8 Å². The summed E-state index contributed by atoms with van der Waals surface area (Å²) in [5.41, 5.74) is 2.12. The molecule has 0 bridgehead atoms. The average Bonchev–Trinajstić information content (AvgIpc) is 2.57. The minimum atomic E-state index is 0.665. The lowest BCUT2D eigenvalue weighted by atomic mass is 10.00. The lowest BCUT2D eigenvalue weighted by Gasteiger charge is -2.05. The van der Waals surface area contributed by atoms with E-state index in [0.717, 1.165) is 18.0 Å². The number of pyridine rings is 1. The highest BCUT2D eigenvalue weighted by atomic mass is 14.6. The van der Waals surface area contributed by atoms with E-state index in [4.69, 9.17) is 0 Å². The van der Waals surface area contributed by atoms with Crippen LogP contribution in [-0.2, 0) is 0 Å². The molecule has 1 aliphatic carbocycles. The van der Waals surface area contributed by atoms with Crippen molar-refractivity contribution in [3.05, 3.63) is 41.7 Å². The molecule has 0 saturated heterocycles. The van der Waals surface area contributed by atoms with Gasteiger partial charge in [0.2, 0.25) is 0 Å². The fraction of sp³-hybridized carbons (Fsp3) is 0.357. The second-order valence-electron chi connectivity index (χ2n) is 4.20. The lowest BCUT2D eigenvalue weighted by Crippen LogP contribution is -1.96. The molecule has 2 atom stereocenters. The van der Waals surface area contributed by atoms with E-state index in [2.05, 4.69) is 36.7 Å². The maximum absolute atomic E-state index is 4.18. The molecule has 0 radical (unpaired) electrons. The van der Waals surface area contributed by atoms with Crippen LogP contribution in [-0.4, -0.2) is 4.98 Å². The summed E-state index contributed by atoms with van der Waals surface area (Å²) in [4.78, 5) is 4.18. The van der Waals surface area contributed by atoms with Crippen LogP contribution in [0, 0.1) is 23.7 Å². The van der Waals surface area contributed by atoms with Gasteiger partial charge in [0.05, 0.1) is 0 Å². The van der Waals surface area contributed by atoms with Crippen molar-refractivity contribution in [2.75, 3.05) is 0 Å². The number of aromatic nitrogens is 1. The molecule has 1 aromatic rings. The van der Waals surface area contributed by atoms with Crippen LogP contribution in [0.4, 0.5) is 0 Å². The van der Waals surface area contributed by atoms with Crippen molar-refractivity contribution in [2.45, 2.75) is 20.3 Å². The highest BCUT2D eigenvalue weighted by Crippen LogP contribution is 2.29. The average molecular weight is 197 g/mol. The Kier molecular flexibility index (Phi) is 2.87. The van der Waals surface area contributed by atoms with E-state index in [1.54, 1.807) is 6.20 Å². The molecule has 0 aliphatic heterocycles. The van der Waals surface area contributed by atoms with Crippen molar-refractivity contribution < 1.29 is 0 Å². The predicted octanol–water partition coefficient (Wildman–Crippen LogP) is 3.04. The molecular weight excluding hydrogens is 182 g/mol. The maximum atomic E-state index is 4.18. The highest BCUT2D eigenvalue weighted by molar-refractivity contribution is 5.39. The van der Waals surface area contributed by atoms with Gasteiger partial charge in [-0.05, 0) is 41.9 Å². The Labute approximate surface area is 91.2 Å². The molecule has 1 aromatic heterocycles. The molecule has 15 heavy (non-hydrogen) atoms. The third-order valence-corrected chi connectivity index (χ3v) is 2.92. The normalized spacial score (nSPS) is 24.3. The molecule has 0 spiro atoms. The molecule has 1 heteroatoms. The summed E-state index contributed by atoms with van der Waals surface area (Å²) in [6.07, 6.45) is 5.17. The molecule has 2 unspecified atom stereocenters. The van der Waals surface area contributed by atoms with Crippen LogP contribution in [0.3, 0.4) is 0 Å². The van der Waals surface area contributed by atoms with E-state index in [1.807, 2.05) is 18.2 Å². The van der Waals surface area contributed by atoms with Crippen LogP contribution in [0.5, 0.6) is 0 Å². The van der Waals surface area contributed by atoms with Gasteiger partial charge in [0.1, 0.15) is 5.69 Å². The number of rotatable bonds is 0. The maximum Gasteiger partial charge on any atom is 0.113 e. The Morgan fingerprint density at radius 1 is 1.27 bits per heavy atom. The second kappa shape index (κ2) is 4.31. The minimum Gasteiger partial charge on any atom is -0.248 e. The molecule has 76 valence electrons. The Morgan fingerprint density at radius 3 is 2.73 bits per heavy atom. The van der Waals surface area contributed by atoms with Gasteiger partial charge in [0.25, 0.3) is 0 Å². The van der Waals surface area contributed by atoms with Gasteiger partial charge in [-0.25, -0.2) is 4.98 Å². The van der Waals surface area contributed by atoms with Crippen molar-refractivity contribution in [2.24, 2.45) is 11.8 Å². The predicted molar refractivity (Wildman–Crippen MR) is 62.1 cm³/mol. The molecule has 0 fully saturated rings. The molecule has 1 heterocycles. The van der Waals surface area contributed by atoms with Gasteiger partial charge in [-0.15, -0.1) is 0 Å². The van der Waals surface area contributed by atoms with Crippen molar-refractivity contribution >= 4 is 0 Å². The summed E-state index contributed by atoms with van der Waals surface area (Å²) in [7, 11) is 0. The monoisotopic (exact) mass is 197 g/mol.